The molecule has 0 bridgehead atoms. The maximum Gasteiger partial charge on any atom is 0.0160 e. The first-order valence-corrected chi connectivity index (χ1v) is 12.6. The van der Waals surface area contributed by atoms with E-state index in [4.69, 9.17) is 0 Å². The van der Waals surface area contributed by atoms with Gasteiger partial charge in [-0.2, -0.15) is 0 Å². The van der Waals surface area contributed by atoms with Gasteiger partial charge in [0.1, 0.15) is 0 Å². The summed E-state index contributed by atoms with van der Waals surface area (Å²) >= 11 is 0. The Morgan fingerprint density at radius 1 is 0.526 bits per heavy atom. The van der Waals surface area contributed by atoms with Gasteiger partial charge in [0.2, 0.25) is 0 Å². The Bertz CT molecular complexity index is 1640. The van der Waals surface area contributed by atoms with Crippen LogP contribution in [0.2, 0.25) is 0 Å². The van der Waals surface area contributed by atoms with Gasteiger partial charge in [-0.25, -0.2) is 0 Å². The first kappa shape index (κ1) is 25.5. The molecule has 2 heteroatoms. The van der Waals surface area contributed by atoms with Crippen molar-refractivity contribution in [3.05, 3.63) is 163 Å². The zero-order valence-electron chi connectivity index (χ0n) is 20.8. The summed E-state index contributed by atoms with van der Waals surface area (Å²) in [5.74, 6) is 0. The third kappa shape index (κ3) is 5.73. The van der Waals surface area contributed by atoms with Crippen molar-refractivity contribution < 1.29 is 20.1 Å². The smallest absolute Gasteiger partial charge is 0.0160 e. The second kappa shape index (κ2) is 12.0. The van der Waals surface area contributed by atoms with Gasteiger partial charge in [0.05, 0.1) is 0 Å². The molecule has 6 aromatic rings. The monoisotopic (exact) mass is 665 g/mol. The van der Waals surface area contributed by atoms with Crippen molar-refractivity contribution in [2.75, 3.05) is 0 Å². The summed E-state index contributed by atoms with van der Waals surface area (Å²) in [6, 6.07) is 52.6. The molecular formula is C36H26IrN-. The van der Waals surface area contributed by atoms with Crippen LogP contribution in [-0.4, -0.2) is 4.98 Å². The minimum Gasteiger partial charge on any atom is -0.305 e. The number of hydrogen-bond acceptors (Lipinski definition) is 1. The van der Waals surface area contributed by atoms with E-state index in [0.29, 0.717) is 0 Å². The van der Waals surface area contributed by atoms with Crippen molar-refractivity contribution in [3.63, 3.8) is 0 Å². The molecule has 0 saturated heterocycles. The number of benzene rings is 5. The Morgan fingerprint density at radius 3 is 1.89 bits per heavy atom. The van der Waals surface area contributed by atoms with Crippen LogP contribution in [0.25, 0.3) is 44.6 Å². The predicted octanol–water partition coefficient (Wildman–Crippen LogP) is 9.14. The maximum absolute atomic E-state index is 4.49. The molecule has 0 amide bonds. The summed E-state index contributed by atoms with van der Waals surface area (Å²) in [7, 11) is 0. The Kier molecular flexibility index (Phi) is 8.04. The van der Waals surface area contributed by atoms with E-state index in [-0.39, 0.29) is 20.1 Å². The van der Waals surface area contributed by atoms with Crippen LogP contribution in [0.3, 0.4) is 0 Å². The van der Waals surface area contributed by atoms with Gasteiger partial charge in [-0.15, -0.1) is 35.4 Å². The van der Waals surface area contributed by atoms with Crippen LogP contribution in [0.5, 0.6) is 0 Å². The molecule has 5 aromatic carbocycles. The summed E-state index contributed by atoms with van der Waals surface area (Å²) in [6.07, 6.45) is 2.74. The van der Waals surface area contributed by atoms with Crippen LogP contribution in [0.1, 0.15) is 11.1 Å². The molecule has 0 aliphatic heterocycles. The van der Waals surface area contributed by atoms with Gasteiger partial charge < -0.3 is 4.98 Å². The molecule has 0 saturated carbocycles. The molecule has 0 fully saturated rings. The minimum atomic E-state index is 0. The summed E-state index contributed by atoms with van der Waals surface area (Å²) in [6.45, 7) is 0. The van der Waals surface area contributed by atoms with Crippen molar-refractivity contribution in [2.45, 2.75) is 6.42 Å². The van der Waals surface area contributed by atoms with Gasteiger partial charge in [-0.3, -0.25) is 0 Å². The van der Waals surface area contributed by atoms with Crippen LogP contribution in [0.4, 0.5) is 0 Å². The molecule has 0 spiro atoms. The fraction of sp³-hybridized carbons (Fsp3) is 0.0278. The van der Waals surface area contributed by atoms with Gasteiger partial charge in [0, 0.05) is 26.3 Å². The largest absolute Gasteiger partial charge is 0.305 e. The molecule has 1 aromatic heterocycles. The standard InChI is InChI=1S/C36H26N.Ir/c1-2-11-27(12-3-1)23-32-13-4-5-20-35(32)33-18-9-16-30(25-33)28-14-8-15-29(24-28)31-17-10-19-34(26-31)36-21-6-7-22-37-36;/h1-18,20-22,24-26H,23H2;/q-1;. The van der Waals surface area contributed by atoms with Gasteiger partial charge in [0.25, 0.3) is 0 Å². The molecule has 0 aliphatic carbocycles. The quantitative estimate of drug-likeness (QED) is 0.162. The molecular weight excluding hydrogens is 639 g/mol. The average Bonchev–Trinajstić information content (AvgIpc) is 2.99. The third-order valence-electron chi connectivity index (χ3n) is 6.70. The van der Waals surface area contributed by atoms with Crippen molar-refractivity contribution in [2.24, 2.45) is 0 Å². The summed E-state index contributed by atoms with van der Waals surface area (Å²) in [5, 5.41) is 0. The first-order valence-electron chi connectivity index (χ1n) is 12.6. The number of hydrogen-bond donors (Lipinski definition) is 0. The Hall–Kier alpha value is -4.10. The average molecular weight is 665 g/mol. The Labute approximate surface area is 238 Å². The van der Waals surface area contributed by atoms with Crippen LogP contribution < -0.4 is 0 Å². The summed E-state index contributed by atoms with van der Waals surface area (Å²) in [5.41, 5.74) is 11.9. The maximum atomic E-state index is 4.49. The number of aromatic nitrogens is 1. The van der Waals surface area contributed by atoms with E-state index in [0.717, 1.165) is 23.2 Å². The molecule has 6 rings (SSSR count). The topological polar surface area (TPSA) is 12.9 Å². The van der Waals surface area contributed by atoms with E-state index < -0.39 is 0 Å². The SMILES string of the molecule is [Ir].[c-]1ccc(-c2cccc(-c3cccc(-c4ccccc4Cc4ccccc4)c3)c2)cc1-c1ccccn1. The normalized spacial score (nSPS) is 10.5. The zero-order valence-corrected chi connectivity index (χ0v) is 23.2. The van der Waals surface area contributed by atoms with E-state index in [9.17, 15) is 0 Å². The van der Waals surface area contributed by atoms with Crippen LogP contribution >= 0.6 is 0 Å². The fourth-order valence-electron chi connectivity index (χ4n) is 4.83. The summed E-state index contributed by atoms with van der Waals surface area (Å²) in [4.78, 5) is 4.49. The zero-order chi connectivity index (χ0) is 24.9. The molecule has 0 N–H and O–H groups in total. The second-order valence-corrected chi connectivity index (χ2v) is 9.19. The van der Waals surface area contributed by atoms with E-state index >= 15 is 0 Å². The van der Waals surface area contributed by atoms with Crippen LogP contribution in [0.15, 0.2) is 146 Å². The van der Waals surface area contributed by atoms with Gasteiger partial charge >= 0.3 is 0 Å². The molecule has 0 unspecified atom stereocenters. The van der Waals surface area contributed by atoms with E-state index in [1.165, 1.54) is 38.9 Å². The van der Waals surface area contributed by atoms with Gasteiger partial charge in [-0.05, 0) is 69.3 Å². The van der Waals surface area contributed by atoms with Crippen molar-refractivity contribution in [1.29, 1.82) is 0 Å². The summed E-state index contributed by atoms with van der Waals surface area (Å²) < 4.78 is 0. The van der Waals surface area contributed by atoms with Crippen molar-refractivity contribution in [1.82, 2.24) is 4.98 Å². The Morgan fingerprint density at radius 2 is 1.16 bits per heavy atom. The third-order valence-corrected chi connectivity index (χ3v) is 6.70. The van der Waals surface area contributed by atoms with Gasteiger partial charge in [0.15, 0.2) is 0 Å². The van der Waals surface area contributed by atoms with Crippen molar-refractivity contribution in [3.8, 4) is 44.6 Å². The van der Waals surface area contributed by atoms with E-state index in [1.807, 2.05) is 30.5 Å². The molecule has 185 valence electrons. The van der Waals surface area contributed by atoms with Crippen molar-refractivity contribution >= 4 is 0 Å². The molecule has 0 atom stereocenters. The number of rotatable bonds is 6. The number of nitrogens with zero attached hydrogens (tertiary/aromatic N) is 1. The van der Waals surface area contributed by atoms with Crippen LogP contribution in [0, 0.1) is 6.07 Å². The molecule has 1 radical (unpaired) electrons. The molecule has 1 nitrogen and oxygen atoms in total. The number of pyridine rings is 1. The van der Waals surface area contributed by atoms with Gasteiger partial charge in [-0.1, -0.05) is 103 Å². The Balaban J connectivity index is 0.00000294. The van der Waals surface area contributed by atoms with Crippen LogP contribution in [-0.2, 0) is 26.5 Å². The van der Waals surface area contributed by atoms with E-state index in [2.05, 4.69) is 126 Å². The molecule has 1 heterocycles. The predicted molar refractivity (Wildman–Crippen MR) is 154 cm³/mol. The fourth-order valence-corrected chi connectivity index (χ4v) is 4.83. The first-order chi connectivity index (χ1) is 18.3. The second-order valence-electron chi connectivity index (χ2n) is 9.19. The van der Waals surface area contributed by atoms with E-state index in [1.54, 1.807) is 0 Å². The minimum absolute atomic E-state index is 0. The molecule has 38 heavy (non-hydrogen) atoms. The molecule has 0 aliphatic rings.